The number of carbonyl (C=O) groups excluding carboxylic acids is 1. The molecule has 8 heteroatoms. The number of hydrogen-bond donors (Lipinski definition) is 1. The molecule has 4 nitrogen and oxygen atoms in total. The molecule has 0 aliphatic carbocycles. The standard InChI is InChI=1S/C12H14F3NO3.ClH/c1-18-9-4-2-8(3-5-9)6-10(16)11(17)19-7-12(13,14)15;/h2-5,10H,6-7,16H2,1H3;1H/t10-;/m0./s1. The van der Waals surface area contributed by atoms with Crippen molar-refractivity contribution in [3.63, 3.8) is 0 Å². The predicted molar refractivity (Wildman–Crippen MR) is 68.9 cm³/mol. The molecule has 114 valence electrons. The molecule has 1 aromatic rings. The Hall–Kier alpha value is -1.47. The molecule has 1 rings (SSSR count). The Labute approximate surface area is 120 Å². The maximum atomic E-state index is 11.9. The highest BCUT2D eigenvalue weighted by molar-refractivity contribution is 5.85. The van der Waals surface area contributed by atoms with Crippen molar-refractivity contribution in [2.24, 2.45) is 5.73 Å². The number of halogens is 4. The van der Waals surface area contributed by atoms with E-state index in [-0.39, 0.29) is 18.8 Å². The van der Waals surface area contributed by atoms with Gasteiger partial charge in [0.15, 0.2) is 6.61 Å². The fraction of sp³-hybridized carbons (Fsp3) is 0.417. The maximum Gasteiger partial charge on any atom is 0.422 e. The minimum atomic E-state index is -4.55. The minimum Gasteiger partial charge on any atom is -0.497 e. The van der Waals surface area contributed by atoms with E-state index in [0.29, 0.717) is 11.3 Å². The maximum absolute atomic E-state index is 11.9. The van der Waals surface area contributed by atoms with Crippen LogP contribution in [0.25, 0.3) is 0 Å². The normalized spacial score (nSPS) is 12.2. The highest BCUT2D eigenvalue weighted by atomic mass is 35.5. The summed E-state index contributed by atoms with van der Waals surface area (Å²) in [4.78, 5) is 11.2. The Balaban J connectivity index is 0.00000361. The van der Waals surface area contributed by atoms with Gasteiger partial charge in [0, 0.05) is 0 Å². The molecule has 0 radical (unpaired) electrons. The van der Waals surface area contributed by atoms with Crippen molar-refractivity contribution >= 4 is 18.4 Å². The van der Waals surface area contributed by atoms with Gasteiger partial charge in [-0.05, 0) is 24.1 Å². The Morgan fingerprint density at radius 1 is 1.30 bits per heavy atom. The summed E-state index contributed by atoms with van der Waals surface area (Å²) in [7, 11) is 1.51. The van der Waals surface area contributed by atoms with E-state index >= 15 is 0 Å². The van der Waals surface area contributed by atoms with Gasteiger partial charge in [0.2, 0.25) is 0 Å². The summed E-state index contributed by atoms with van der Waals surface area (Å²) in [6, 6.07) is 5.56. The highest BCUT2D eigenvalue weighted by Gasteiger charge is 2.30. The first-order valence-electron chi connectivity index (χ1n) is 5.43. The van der Waals surface area contributed by atoms with Gasteiger partial charge in [-0.25, -0.2) is 0 Å². The zero-order valence-electron chi connectivity index (χ0n) is 10.6. The van der Waals surface area contributed by atoms with Crippen LogP contribution >= 0.6 is 12.4 Å². The van der Waals surface area contributed by atoms with Crippen LogP contribution in [-0.2, 0) is 16.0 Å². The summed E-state index contributed by atoms with van der Waals surface area (Å²) in [5.74, 6) is -0.440. The summed E-state index contributed by atoms with van der Waals surface area (Å²) >= 11 is 0. The Bertz CT molecular complexity index is 423. The lowest BCUT2D eigenvalue weighted by Crippen LogP contribution is -2.36. The lowest BCUT2D eigenvalue weighted by Gasteiger charge is -2.13. The third-order valence-electron chi connectivity index (χ3n) is 2.30. The molecular weight excluding hydrogens is 299 g/mol. The number of methoxy groups -OCH3 is 1. The van der Waals surface area contributed by atoms with Crippen molar-refractivity contribution in [1.29, 1.82) is 0 Å². The molecular formula is C12H15ClF3NO3. The van der Waals surface area contributed by atoms with Crippen LogP contribution in [0, 0.1) is 0 Å². The number of ether oxygens (including phenoxy) is 2. The Morgan fingerprint density at radius 3 is 2.30 bits per heavy atom. The summed E-state index contributed by atoms with van der Waals surface area (Å²) in [6.45, 7) is -1.62. The average molecular weight is 314 g/mol. The van der Waals surface area contributed by atoms with E-state index in [1.54, 1.807) is 24.3 Å². The number of benzene rings is 1. The van der Waals surface area contributed by atoms with Crippen molar-refractivity contribution in [3.8, 4) is 5.75 Å². The lowest BCUT2D eigenvalue weighted by atomic mass is 10.1. The number of hydrogen-bond acceptors (Lipinski definition) is 4. The van der Waals surface area contributed by atoms with Gasteiger partial charge in [-0.15, -0.1) is 12.4 Å². The molecule has 2 N–H and O–H groups in total. The van der Waals surface area contributed by atoms with Crippen molar-refractivity contribution in [3.05, 3.63) is 29.8 Å². The topological polar surface area (TPSA) is 61.5 Å². The van der Waals surface area contributed by atoms with E-state index in [2.05, 4.69) is 4.74 Å². The predicted octanol–water partition coefficient (Wildman–Crippen LogP) is 2.09. The molecule has 0 aromatic heterocycles. The second kappa shape index (κ2) is 7.96. The smallest absolute Gasteiger partial charge is 0.422 e. The molecule has 0 aliphatic heterocycles. The van der Waals surface area contributed by atoms with Crippen LogP contribution in [0.4, 0.5) is 13.2 Å². The van der Waals surface area contributed by atoms with Gasteiger partial charge in [-0.1, -0.05) is 12.1 Å². The monoisotopic (exact) mass is 313 g/mol. The van der Waals surface area contributed by atoms with Crippen LogP contribution in [0.2, 0.25) is 0 Å². The quantitative estimate of drug-likeness (QED) is 0.846. The largest absolute Gasteiger partial charge is 0.497 e. The number of nitrogens with two attached hydrogens (primary N) is 1. The number of carbonyl (C=O) groups is 1. The Morgan fingerprint density at radius 2 is 1.85 bits per heavy atom. The van der Waals surface area contributed by atoms with Gasteiger partial charge in [-0.3, -0.25) is 4.79 Å². The van der Waals surface area contributed by atoms with E-state index in [1.807, 2.05) is 0 Å². The first-order chi connectivity index (χ1) is 8.81. The van der Waals surface area contributed by atoms with Crippen molar-refractivity contribution in [2.75, 3.05) is 13.7 Å². The molecule has 0 heterocycles. The van der Waals surface area contributed by atoms with Crippen LogP contribution in [0.15, 0.2) is 24.3 Å². The van der Waals surface area contributed by atoms with E-state index < -0.39 is 24.8 Å². The molecule has 1 aromatic carbocycles. The van der Waals surface area contributed by atoms with Gasteiger partial charge in [0.1, 0.15) is 11.8 Å². The van der Waals surface area contributed by atoms with E-state index in [9.17, 15) is 18.0 Å². The van der Waals surface area contributed by atoms with Gasteiger partial charge in [0.25, 0.3) is 0 Å². The van der Waals surface area contributed by atoms with Gasteiger partial charge in [-0.2, -0.15) is 13.2 Å². The van der Waals surface area contributed by atoms with E-state index in [1.165, 1.54) is 7.11 Å². The number of alkyl halides is 3. The van der Waals surface area contributed by atoms with Gasteiger partial charge >= 0.3 is 12.1 Å². The number of rotatable bonds is 5. The fourth-order valence-electron chi connectivity index (χ4n) is 1.36. The zero-order valence-corrected chi connectivity index (χ0v) is 11.5. The summed E-state index contributed by atoms with van der Waals surface area (Å²) in [5, 5.41) is 0. The van der Waals surface area contributed by atoms with Gasteiger partial charge in [0.05, 0.1) is 7.11 Å². The van der Waals surface area contributed by atoms with E-state index in [0.717, 1.165) is 0 Å². The second-order valence-corrected chi connectivity index (χ2v) is 3.88. The van der Waals surface area contributed by atoms with Crippen LogP contribution in [0.5, 0.6) is 5.75 Å². The Kier molecular flexibility index (Phi) is 7.38. The lowest BCUT2D eigenvalue weighted by molar-refractivity contribution is -0.187. The zero-order chi connectivity index (χ0) is 14.5. The van der Waals surface area contributed by atoms with Crippen LogP contribution < -0.4 is 10.5 Å². The molecule has 0 amide bonds. The number of esters is 1. The first-order valence-corrected chi connectivity index (χ1v) is 5.43. The summed E-state index contributed by atoms with van der Waals surface area (Å²) in [5.41, 5.74) is 6.18. The molecule has 0 saturated heterocycles. The first kappa shape index (κ1) is 18.5. The van der Waals surface area contributed by atoms with Crippen molar-refractivity contribution in [1.82, 2.24) is 0 Å². The minimum absolute atomic E-state index is 0. The van der Waals surface area contributed by atoms with Crippen LogP contribution in [-0.4, -0.2) is 31.9 Å². The average Bonchev–Trinajstić information content (AvgIpc) is 2.36. The fourth-order valence-corrected chi connectivity index (χ4v) is 1.36. The summed E-state index contributed by atoms with van der Waals surface area (Å²) < 4.78 is 44.6. The van der Waals surface area contributed by atoms with Crippen molar-refractivity contribution in [2.45, 2.75) is 18.6 Å². The molecule has 20 heavy (non-hydrogen) atoms. The van der Waals surface area contributed by atoms with Gasteiger partial charge < -0.3 is 15.2 Å². The molecule has 0 spiro atoms. The molecule has 0 unspecified atom stereocenters. The van der Waals surface area contributed by atoms with Crippen LogP contribution in [0.3, 0.4) is 0 Å². The van der Waals surface area contributed by atoms with Crippen LogP contribution in [0.1, 0.15) is 5.56 Å². The third kappa shape index (κ3) is 6.63. The third-order valence-corrected chi connectivity index (χ3v) is 2.30. The molecule has 0 aliphatic rings. The molecule has 0 bridgehead atoms. The molecule has 1 atom stereocenters. The molecule has 0 fully saturated rings. The van der Waals surface area contributed by atoms with E-state index in [4.69, 9.17) is 10.5 Å². The molecule has 0 saturated carbocycles. The SMILES string of the molecule is COc1ccc(C[C@H](N)C(=O)OCC(F)(F)F)cc1.Cl. The highest BCUT2D eigenvalue weighted by Crippen LogP contribution is 2.16. The van der Waals surface area contributed by atoms with Crippen molar-refractivity contribution < 1.29 is 27.4 Å². The second-order valence-electron chi connectivity index (χ2n) is 3.88. The summed E-state index contributed by atoms with van der Waals surface area (Å²) in [6.07, 6.45) is -4.45.